The van der Waals surface area contributed by atoms with Gasteiger partial charge in [-0.15, -0.1) is 0 Å². The first-order valence-corrected chi connectivity index (χ1v) is 8.59. The lowest BCUT2D eigenvalue weighted by molar-refractivity contribution is -0.389. The van der Waals surface area contributed by atoms with Gasteiger partial charge in [-0.2, -0.15) is 9.38 Å². The molecule has 0 unspecified atom stereocenters. The van der Waals surface area contributed by atoms with Crippen LogP contribution in [0.3, 0.4) is 0 Å². The van der Waals surface area contributed by atoms with E-state index in [9.17, 15) is 10.1 Å². The molecular weight excluding hydrogens is 304 g/mol. The third-order valence-corrected chi connectivity index (χ3v) is 4.69. The summed E-state index contributed by atoms with van der Waals surface area (Å²) in [5, 5.41) is 16.0. The fourth-order valence-electron chi connectivity index (χ4n) is 2.83. The van der Waals surface area contributed by atoms with Gasteiger partial charge in [0.05, 0.1) is 6.10 Å². The van der Waals surface area contributed by atoms with Crippen molar-refractivity contribution in [2.75, 3.05) is 18.5 Å². The minimum absolute atomic E-state index is 0.00412. The molecule has 3 rings (SSSR count). The summed E-state index contributed by atoms with van der Waals surface area (Å²) in [6.45, 7) is 1.31. The fraction of sp³-hybridized carbons (Fsp3) is 0.643. The lowest BCUT2D eigenvalue weighted by atomic mass is 9.98. The molecule has 2 heterocycles. The molecule has 1 aliphatic carbocycles. The number of anilines is 1. The number of hydrogen-bond donors (Lipinski definition) is 1. The standard InChI is InChI=1S/C14H20N4O3S/c19-18(20)13-12(16-14-17(13)8-10-22-14)15-7-4-9-21-11-5-2-1-3-6-11/h8,10-11,15H,1-7,9H2. The van der Waals surface area contributed by atoms with Gasteiger partial charge in [0.15, 0.2) is 0 Å². The quantitative estimate of drug-likeness (QED) is 0.479. The first-order chi connectivity index (χ1) is 10.8. The molecule has 0 aliphatic heterocycles. The van der Waals surface area contributed by atoms with E-state index in [0.29, 0.717) is 30.0 Å². The maximum absolute atomic E-state index is 11.2. The van der Waals surface area contributed by atoms with Crippen molar-refractivity contribution < 1.29 is 9.66 Å². The smallest absolute Gasteiger partial charge is 0.372 e. The topological polar surface area (TPSA) is 81.7 Å². The highest BCUT2D eigenvalue weighted by Gasteiger charge is 2.23. The summed E-state index contributed by atoms with van der Waals surface area (Å²) in [6, 6.07) is 0. The highest BCUT2D eigenvalue weighted by molar-refractivity contribution is 7.15. The van der Waals surface area contributed by atoms with Crippen LogP contribution in [0, 0.1) is 10.1 Å². The summed E-state index contributed by atoms with van der Waals surface area (Å²) < 4.78 is 7.35. The van der Waals surface area contributed by atoms with Gasteiger partial charge >= 0.3 is 5.82 Å². The van der Waals surface area contributed by atoms with E-state index in [-0.39, 0.29) is 5.82 Å². The Hall–Kier alpha value is -1.67. The highest BCUT2D eigenvalue weighted by atomic mass is 32.1. The number of nitrogens with one attached hydrogen (secondary N) is 1. The van der Waals surface area contributed by atoms with Crippen LogP contribution in [0.1, 0.15) is 38.5 Å². The lowest BCUT2D eigenvalue weighted by Gasteiger charge is -2.21. The molecule has 2 aromatic heterocycles. The van der Waals surface area contributed by atoms with Crippen LogP contribution in [0.2, 0.25) is 0 Å². The molecule has 2 aromatic rings. The van der Waals surface area contributed by atoms with Crippen LogP contribution in [-0.2, 0) is 4.74 Å². The molecule has 0 spiro atoms. The maximum atomic E-state index is 11.2. The zero-order valence-corrected chi connectivity index (χ0v) is 13.2. The highest BCUT2D eigenvalue weighted by Crippen LogP contribution is 2.27. The van der Waals surface area contributed by atoms with Crippen molar-refractivity contribution in [2.24, 2.45) is 0 Å². The van der Waals surface area contributed by atoms with Gasteiger partial charge in [0.25, 0.3) is 4.96 Å². The zero-order valence-electron chi connectivity index (χ0n) is 12.4. The lowest BCUT2D eigenvalue weighted by Crippen LogP contribution is -2.18. The third-order valence-electron chi connectivity index (χ3n) is 3.93. The Morgan fingerprint density at radius 1 is 1.45 bits per heavy atom. The minimum atomic E-state index is -0.395. The van der Waals surface area contributed by atoms with Crippen molar-refractivity contribution in [3.05, 3.63) is 21.7 Å². The fourth-order valence-corrected chi connectivity index (χ4v) is 3.54. The summed E-state index contributed by atoms with van der Waals surface area (Å²) in [5.41, 5.74) is 0. The monoisotopic (exact) mass is 324 g/mol. The Balaban J connectivity index is 1.48. The van der Waals surface area contributed by atoms with Crippen LogP contribution in [0.25, 0.3) is 4.96 Å². The van der Waals surface area contributed by atoms with E-state index in [1.807, 2.05) is 0 Å². The molecular formula is C14H20N4O3S. The molecule has 120 valence electrons. The average molecular weight is 324 g/mol. The average Bonchev–Trinajstić information content (AvgIpc) is 3.08. The Morgan fingerprint density at radius 2 is 2.27 bits per heavy atom. The van der Waals surface area contributed by atoms with Crippen LogP contribution >= 0.6 is 11.3 Å². The SMILES string of the molecule is O=[N+]([O-])c1c(NCCCOC2CCCCC2)nc2sccn12. The number of rotatable bonds is 7. The summed E-state index contributed by atoms with van der Waals surface area (Å²) in [7, 11) is 0. The van der Waals surface area contributed by atoms with Crippen LogP contribution in [0.15, 0.2) is 11.6 Å². The molecule has 7 nitrogen and oxygen atoms in total. The summed E-state index contributed by atoms with van der Waals surface area (Å²) in [5.74, 6) is 0.346. The number of nitro groups is 1. The van der Waals surface area contributed by atoms with Gasteiger partial charge in [-0.05, 0) is 24.2 Å². The zero-order chi connectivity index (χ0) is 15.4. The number of aromatic nitrogens is 2. The molecule has 22 heavy (non-hydrogen) atoms. The first kappa shape index (κ1) is 15.2. The molecule has 0 aromatic carbocycles. The molecule has 1 saturated carbocycles. The van der Waals surface area contributed by atoms with Gasteiger partial charge in [-0.3, -0.25) is 0 Å². The normalized spacial score (nSPS) is 16.2. The van der Waals surface area contributed by atoms with Crippen LogP contribution in [0.4, 0.5) is 11.6 Å². The minimum Gasteiger partial charge on any atom is -0.378 e. The van der Waals surface area contributed by atoms with E-state index < -0.39 is 4.92 Å². The number of imidazole rings is 1. The van der Waals surface area contributed by atoms with Crippen molar-refractivity contribution in [3.8, 4) is 0 Å². The van der Waals surface area contributed by atoms with E-state index >= 15 is 0 Å². The van der Waals surface area contributed by atoms with E-state index in [1.165, 1.54) is 35.0 Å². The second-order valence-corrected chi connectivity index (χ2v) is 6.38. The van der Waals surface area contributed by atoms with Crippen LogP contribution in [0.5, 0.6) is 0 Å². The Labute approximate surface area is 132 Å². The number of thiazole rings is 1. The summed E-state index contributed by atoms with van der Waals surface area (Å²) >= 11 is 1.38. The molecule has 0 saturated heterocycles. The number of nitrogens with zero attached hydrogens (tertiary/aromatic N) is 3. The van der Waals surface area contributed by atoms with E-state index in [2.05, 4.69) is 10.3 Å². The van der Waals surface area contributed by atoms with Crippen molar-refractivity contribution in [2.45, 2.75) is 44.6 Å². The van der Waals surface area contributed by atoms with Gasteiger partial charge in [0, 0.05) is 18.5 Å². The Morgan fingerprint density at radius 3 is 3.05 bits per heavy atom. The van der Waals surface area contributed by atoms with Crippen LogP contribution < -0.4 is 5.32 Å². The van der Waals surface area contributed by atoms with E-state index in [1.54, 1.807) is 11.6 Å². The van der Waals surface area contributed by atoms with Gasteiger partial charge in [0.1, 0.15) is 6.20 Å². The summed E-state index contributed by atoms with van der Waals surface area (Å²) in [6.07, 6.45) is 9.07. The van der Waals surface area contributed by atoms with Crippen molar-refractivity contribution in [1.82, 2.24) is 9.38 Å². The molecule has 0 bridgehead atoms. The largest absolute Gasteiger partial charge is 0.378 e. The molecule has 0 amide bonds. The number of hydrogen-bond acceptors (Lipinski definition) is 6. The molecule has 0 atom stereocenters. The van der Waals surface area contributed by atoms with E-state index in [4.69, 9.17) is 4.74 Å². The Kier molecular flexibility index (Phi) is 4.89. The van der Waals surface area contributed by atoms with Gasteiger partial charge < -0.3 is 20.2 Å². The molecule has 1 aliphatic rings. The maximum Gasteiger partial charge on any atom is 0.372 e. The van der Waals surface area contributed by atoms with E-state index in [0.717, 1.165) is 19.3 Å². The van der Waals surface area contributed by atoms with Gasteiger partial charge in [0.2, 0.25) is 5.82 Å². The predicted octanol–water partition coefficient (Wildman–Crippen LogP) is 3.46. The van der Waals surface area contributed by atoms with Crippen molar-refractivity contribution in [3.63, 3.8) is 0 Å². The molecule has 0 radical (unpaired) electrons. The van der Waals surface area contributed by atoms with Gasteiger partial charge in [-0.1, -0.05) is 30.6 Å². The molecule has 8 heteroatoms. The number of fused-ring (bicyclic) bond motifs is 1. The predicted molar refractivity (Wildman–Crippen MR) is 85.7 cm³/mol. The van der Waals surface area contributed by atoms with Gasteiger partial charge in [-0.25, -0.2) is 0 Å². The number of ether oxygens (including phenoxy) is 1. The molecule has 1 fully saturated rings. The summed E-state index contributed by atoms with van der Waals surface area (Å²) in [4.78, 5) is 15.7. The second-order valence-electron chi connectivity index (χ2n) is 5.51. The Bertz CT molecular complexity index is 633. The third kappa shape index (κ3) is 3.38. The van der Waals surface area contributed by atoms with Crippen molar-refractivity contribution in [1.29, 1.82) is 0 Å². The first-order valence-electron chi connectivity index (χ1n) is 7.71. The molecule has 1 N–H and O–H groups in total. The second kappa shape index (κ2) is 7.06. The van der Waals surface area contributed by atoms with Crippen LogP contribution in [-0.4, -0.2) is 33.6 Å². The van der Waals surface area contributed by atoms with Crippen molar-refractivity contribution >= 4 is 27.9 Å².